The quantitative estimate of drug-likeness (QED) is 0.632. The van der Waals surface area contributed by atoms with Gasteiger partial charge in [-0.2, -0.15) is 0 Å². The molecular weight excluding hydrogens is 262 g/mol. The van der Waals surface area contributed by atoms with Crippen molar-refractivity contribution in [2.24, 2.45) is 5.41 Å². The third kappa shape index (κ3) is 4.08. The van der Waals surface area contributed by atoms with Crippen molar-refractivity contribution >= 4 is 12.0 Å². The van der Waals surface area contributed by atoms with E-state index in [9.17, 15) is 9.59 Å². The van der Waals surface area contributed by atoms with Crippen LogP contribution in [-0.4, -0.2) is 67.4 Å². The number of amides is 2. The van der Waals surface area contributed by atoms with E-state index in [0.717, 1.165) is 32.8 Å². The molecule has 1 saturated carbocycles. The molecule has 1 heterocycles. The SMILES string of the molecule is CC(CN1CCOCC1)NC(=O)NCC1(C(=O)O)CC1. The molecule has 2 aliphatic rings. The Bertz CT molecular complexity index is 365. The molecule has 1 aliphatic heterocycles. The van der Waals surface area contributed by atoms with E-state index >= 15 is 0 Å². The Labute approximate surface area is 118 Å². The Morgan fingerprint density at radius 2 is 2.00 bits per heavy atom. The van der Waals surface area contributed by atoms with E-state index in [1.807, 2.05) is 6.92 Å². The normalized spacial score (nSPS) is 22.9. The predicted molar refractivity (Wildman–Crippen MR) is 72.6 cm³/mol. The minimum Gasteiger partial charge on any atom is -0.481 e. The van der Waals surface area contributed by atoms with Crippen molar-refractivity contribution < 1.29 is 19.4 Å². The minimum atomic E-state index is -0.820. The van der Waals surface area contributed by atoms with E-state index in [4.69, 9.17) is 9.84 Å². The van der Waals surface area contributed by atoms with Crippen LogP contribution in [0.2, 0.25) is 0 Å². The summed E-state index contributed by atoms with van der Waals surface area (Å²) in [7, 11) is 0. The predicted octanol–water partition coefficient (Wildman–Crippen LogP) is -0.129. The highest BCUT2D eigenvalue weighted by Crippen LogP contribution is 2.45. The summed E-state index contributed by atoms with van der Waals surface area (Å²) in [5.41, 5.74) is -0.717. The van der Waals surface area contributed by atoms with Crippen molar-refractivity contribution in [3.05, 3.63) is 0 Å². The second-order valence-corrected chi connectivity index (χ2v) is 5.73. The van der Waals surface area contributed by atoms with E-state index in [-0.39, 0.29) is 18.6 Å². The van der Waals surface area contributed by atoms with Crippen LogP contribution in [0.4, 0.5) is 4.79 Å². The summed E-state index contributed by atoms with van der Waals surface area (Å²) in [5.74, 6) is -0.820. The molecule has 1 saturated heterocycles. The number of carbonyl (C=O) groups excluding carboxylic acids is 1. The highest BCUT2D eigenvalue weighted by atomic mass is 16.5. The lowest BCUT2D eigenvalue weighted by molar-refractivity contribution is -0.143. The largest absolute Gasteiger partial charge is 0.481 e. The number of hydrogen-bond donors (Lipinski definition) is 3. The van der Waals surface area contributed by atoms with Crippen LogP contribution in [0.5, 0.6) is 0 Å². The molecule has 0 aromatic heterocycles. The molecule has 0 aromatic carbocycles. The molecule has 0 bridgehead atoms. The van der Waals surface area contributed by atoms with Crippen LogP contribution < -0.4 is 10.6 Å². The molecule has 3 N–H and O–H groups in total. The molecule has 114 valence electrons. The van der Waals surface area contributed by atoms with Crippen molar-refractivity contribution in [2.75, 3.05) is 39.4 Å². The topological polar surface area (TPSA) is 90.9 Å². The molecule has 2 rings (SSSR count). The third-order valence-corrected chi connectivity index (χ3v) is 3.91. The Morgan fingerprint density at radius 1 is 1.35 bits per heavy atom. The molecule has 2 amide bonds. The first-order valence-electron chi connectivity index (χ1n) is 7.10. The zero-order valence-corrected chi connectivity index (χ0v) is 11.9. The number of nitrogens with zero attached hydrogens (tertiary/aromatic N) is 1. The van der Waals surface area contributed by atoms with Crippen LogP contribution in [0.3, 0.4) is 0 Å². The van der Waals surface area contributed by atoms with Gasteiger partial charge >= 0.3 is 12.0 Å². The van der Waals surface area contributed by atoms with Crippen LogP contribution in [0, 0.1) is 5.41 Å². The fourth-order valence-corrected chi connectivity index (χ4v) is 2.36. The number of rotatable bonds is 6. The van der Waals surface area contributed by atoms with Gasteiger partial charge in [-0.3, -0.25) is 9.69 Å². The Hall–Kier alpha value is -1.34. The molecule has 1 aliphatic carbocycles. The summed E-state index contributed by atoms with van der Waals surface area (Å²) in [4.78, 5) is 25.0. The van der Waals surface area contributed by atoms with Gasteiger partial charge in [0.25, 0.3) is 0 Å². The number of carboxylic acids is 1. The van der Waals surface area contributed by atoms with Crippen LogP contribution >= 0.6 is 0 Å². The fourth-order valence-electron chi connectivity index (χ4n) is 2.36. The maximum absolute atomic E-state index is 11.7. The highest BCUT2D eigenvalue weighted by molar-refractivity contribution is 5.80. The number of urea groups is 1. The van der Waals surface area contributed by atoms with Gasteiger partial charge < -0.3 is 20.5 Å². The van der Waals surface area contributed by atoms with Crippen molar-refractivity contribution in [1.82, 2.24) is 15.5 Å². The van der Waals surface area contributed by atoms with Crippen molar-refractivity contribution in [2.45, 2.75) is 25.8 Å². The highest BCUT2D eigenvalue weighted by Gasteiger charge is 2.50. The summed E-state index contributed by atoms with van der Waals surface area (Å²) in [6.07, 6.45) is 1.29. The number of nitrogens with one attached hydrogen (secondary N) is 2. The van der Waals surface area contributed by atoms with E-state index in [1.165, 1.54) is 0 Å². The van der Waals surface area contributed by atoms with Gasteiger partial charge in [-0.15, -0.1) is 0 Å². The zero-order chi connectivity index (χ0) is 14.6. The van der Waals surface area contributed by atoms with Crippen LogP contribution in [-0.2, 0) is 9.53 Å². The second kappa shape index (κ2) is 6.41. The second-order valence-electron chi connectivity index (χ2n) is 5.73. The summed E-state index contributed by atoms with van der Waals surface area (Å²) < 4.78 is 5.27. The first-order valence-corrected chi connectivity index (χ1v) is 7.10. The molecule has 0 aromatic rings. The summed E-state index contributed by atoms with van der Waals surface area (Å²) >= 11 is 0. The van der Waals surface area contributed by atoms with Crippen molar-refractivity contribution in [1.29, 1.82) is 0 Å². The Balaban J connectivity index is 1.64. The fraction of sp³-hybridized carbons (Fsp3) is 0.846. The first kappa shape index (κ1) is 15.1. The first-order chi connectivity index (χ1) is 9.52. The van der Waals surface area contributed by atoms with Gasteiger partial charge in [0.15, 0.2) is 0 Å². The van der Waals surface area contributed by atoms with Gasteiger partial charge in [-0.05, 0) is 19.8 Å². The van der Waals surface area contributed by atoms with E-state index < -0.39 is 11.4 Å². The van der Waals surface area contributed by atoms with E-state index in [0.29, 0.717) is 12.8 Å². The van der Waals surface area contributed by atoms with Gasteiger partial charge in [-0.25, -0.2) is 4.79 Å². The van der Waals surface area contributed by atoms with Gasteiger partial charge in [0.2, 0.25) is 0 Å². The lowest BCUT2D eigenvalue weighted by Crippen LogP contribution is -2.49. The van der Waals surface area contributed by atoms with Gasteiger partial charge in [0, 0.05) is 32.2 Å². The Kier molecular flexibility index (Phi) is 4.82. The number of aliphatic carboxylic acids is 1. The molecule has 1 unspecified atom stereocenters. The number of hydrogen-bond acceptors (Lipinski definition) is 4. The van der Waals surface area contributed by atoms with E-state index in [2.05, 4.69) is 15.5 Å². The molecule has 2 fully saturated rings. The van der Waals surface area contributed by atoms with E-state index in [1.54, 1.807) is 0 Å². The molecule has 7 nitrogen and oxygen atoms in total. The zero-order valence-electron chi connectivity index (χ0n) is 11.9. The van der Waals surface area contributed by atoms with Gasteiger partial charge in [-0.1, -0.05) is 0 Å². The number of morpholine rings is 1. The lowest BCUT2D eigenvalue weighted by Gasteiger charge is -2.29. The third-order valence-electron chi connectivity index (χ3n) is 3.91. The number of ether oxygens (including phenoxy) is 1. The molecular formula is C13H23N3O4. The summed E-state index contributed by atoms with van der Waals surface area (Å²) in [5, 5.41) is 14.5. The average molecular weight is 285 g/mol. The van der Waals surface area contributed by atoms with Crippen molar-refractivity contribution in [3.8, 4) is 0 Å². The number of carboxylic acid groups (broad SMARTS) is 1. The van der Waals surface area contributed by atoms with Crippen LogP contribution in [0.1, 0.15) is 19.8 Å². The Morgan fingerprint density at radius 3 is 2.55 bits per heavy atom. The summed E-state index contributed by atoms with van der Waals surface area (Å²) in [6, 6.07) is -0.272. The van der Waals surface area contributed by atoms with Crippen LogP contribution in [0.15, 0.2) is 0 Å². The molecule has 0 spiro atoms. The lowest BCUT2D eigenvalue weighted by atomic mass is 10.1. The monoisotopic (exact) mass is 285 g/mol. The molecule has 7 heteroatoms. The molecule has 0 radical (unpaired) electrons. The maximum Gasteiger partial charge on any atom is 0.315 e. The van der Waals surface area contributed by atoms with Gasteiger partial charge in [0.05, 0.1) is 18.6 Å². The standard InChI is InChI=1S/C13H23N3O4/c1-10(8-16-4-6-20-7-5-16)15-12(19)14-9-13(2-3-13)11(17)18/h10H,2-9H2,1H3,(H,17,18)(H2,14,15,19). The molecule has 20 heavy (non-hydrogen) atoms. The van der Waals surface area contributed by atoms with Crippen molar-refractivity contribution in [3.63, 3.8) is 0 Å². The van der Waals surface area contributed by atoms with Gasteiger partial charge in [0.1, 0.15) is 0 Å². The van der Waals surface area contributed by atoms with Crippen LogP contribution in [0.25, 0.3) is 0 Å². The smallest absolute Gasteiger partial charge is 0.315 e. The number of carbonyl (C=O) groups is 2. The molecule has 1 atom stereocenters. The average Bonchev–Trinajstić information content (AvgIpc) is 3.18. The maximum atomic E-state index is 11.7. The minimum absolute atomic E-state index is 0.0214. The summed E-state index contributed by atoms with van der Waals surface area (Å²) in [6.45, 7) is 6.17.